The zero-order valence-electron chi connectivity index (χ0n) is 9.87. The van der Waals surface area contributed by atoms with Crippen LogP contribution in [0.5, 0.6) is 0 Å². The van der Waals surface area contributed by atoms with Crippen LogP contribution in [-0.4, -0.2) is 24.8 Å². The fourth-order valence-corrected chi connectivity index (χ4v) is 2.84. The molecule has 0 atom stereocenters. The number of carbonyl (C=O) groups excluding carboxylic acids is 1. The first-order chi connectivity index (χ1) is 7.63. The van der Waals surface area contributed by atoms with Crippen LogP contribution in [0.1, 0.15) is 22.3 Å². The second-order valence-corrected chi connectivity index (χ2v) is 5.18. The maximum absolute atomic E-state index is 11.9. The van der Waals surface area contributed by atoms with Gasteiger partial charge in [-0.25, -0.2) is 0 Å². The molecule has 0 saturated carbocycles. The monoisotopic (exact) mass is 255 g/mol. The van der Waals surface area contributed by atoms with Gasteiger partial charge in [0.2, 0.25) is 0 Å². The van der Waals surface area contributed by atoms with Gasteiger partial charge in [0.05, 0.1) is 0 Å². The molecule has 0 bridgehead atoms. The summed E-state index contributed by atoms with van der Waals surface area (Å²) in [5.74, 6) is 0.141. The molecule has 4 heteroatoms. The molecule has 0 heterocycles. The van der Waals surface area contributed by atoms with Gasteiger partial charge in [0.15, 0.2) is 5.78 Å². The van der Waals surface area contributed by atoms with Crippen LogP contribution < -0.4 is 5.73 Å². The molecule has 0 saturated heterocycles. The Kier molecular flexibility index (Phi) is 5.38. The molecule has 1 aromatic carbocycles. The number of hydrogen-bond donors (Lipinski definition) is 1. The Morgan fingerprint density at radius 3 is 2.38 bits per heavy atom. The first-order valence-electron chi connectivity index (χ1n) is 5.10. The van der Waals surface area contributed by atoms with Gasteiger partial charge in [-0.1, -0.05) is 0 Å². The summed E-state index contributed by atoms with van der Waals surface area (Å²) in [5, 5.41) is 0. The second-order valence-electron chi connectivity index (χ2n) is 3.48. The smallest absolute Gasteiger partial charge is 0.165 e. The van der Waals surface area contributed by atoms with Crippen molar-refractivity contribution in [1.29, 1.82) is 0 Å². The van der Waals surface area contributed by atoms with Crippen molar-refractivity contribution >= 4 is 29.3 Å². The molecular formula is C12H17NOS2. The third-order valence-electron chi connectivity index (χ3n) is 2.39. The predicted molar refractivity (Wildman–Crippen MR) is 72.7 cm³/mol. The minimum absolute atomic E-state index is 0.141. The Hall–Kier alpha value is -0.450. The van der Waals surface area contributed by atoms with Crippen LogP contribution in [-0.2, 0) is 0 Å². The minimum Gasteiger partial charge on any atom is -0.330 e. The van der Waals surface area contributed by atoms with Crippen LogP contribution in [0.3, 0.4) is 0 Å². The Labute approximate surface area is 105 Å². The van der Waals surface area contributed by atoms with Crippen LogP contribution in [0.15, 0.2) is 21.9 Å². The lowest BCUT2D eigenvalue weighted by Crippen LogP contribution is -2.09. The summed E-state index contributed by atoms with van der Waals surface area (Å²) in [6.45, 7) is 2.48. The van der Waals surface area contributed by atoms with Gasteiger partial charge in [-0.15, -0.1) is 23.5 Å². The molecule has 2 nitrogen and oxygen atoms in total. The van der Waals surface area contributed by atoms with E-state index in [-0.39, 0.29) is 5.78 Å². The van der Waals surface area contributed by atoms with E-state index in [1.807, 2.05) is 18.6 Å². The molecule has 0 amide bonds. The van der Waals surface area contributed by atoms with Gasteiger partial charge in [-0.05, 0) is 43.7 Å². The first kappa shape index (κ1) is 13.6. The van der Waals surface area contributed by atoms with Crippen LogP contribution in [0.25, 0.3) is 0 Å². The highest BCUT2D eigenvalue weighted by atomic mass is 32.2. The molecule has 16 heavy (non-hydrogen) atoms. The lowest BCUT2D eigenvalue weighted by Gasteiger charge is -2.10. The van der Waals surface area contributed by atoms with E-state index < -0.39 is 0 Å². The summed E-state index contributed by atoms with van der Waals surface area (Å²) in [7, 11) is 0. The van der Waals surface area contributed by atoms with Crippen molar-refractivity contribution in [2.24, 2.45) is 5.73 Å². The van der Waals surface area contributed by atoms with Crippen molar-refractivity contribution < 1.29 is 4.79 Å². The van der Waals surface area contributed by atoms with Crippen molar-refractivity contribution in [3.8, 4) is 0 Å². The molecule has 0 aliphatic carbocycles. The fraction of sp³-hybridized carbons (Fsp3) is 0.417. The van der Waals surface area contributed by atoms with Crippen molar-refractivity contribution in [3.05, 3.63) is 23.3 Å². The van der Waals surface area contributed by atoms with Crippen LogP contribution >= 0.6 is 23.5 Å². The summed E-state index contributed by atoms with van der Waals surface area (Å²) < 4.78 is 0. The summed E-state index contributed by atoms with van der Waals surface area (Å²) in [5.41, 5.74) is 7.46. The number of nitrogens with two attached hydrogens (primary N) is 1. The van der Waals surface area contributed by atoms with Crippen LogP contribution in [0.2, 0.25) is 0 Å². The normalized spacial score (nSPS) is 10.5. The molecule has 2 N–H and O–H groups in total. The van der Waals surface area contributed by atoms with Crippen LogP contribution in [0.4, 0.5) is 0 Å². The molecule has 0 unspecified atom stereocenters. The number of thioether (sulfide) groups is 2. The average Bonchev–Trinajstić information content (AvgIpc) is 2.28. The summed E-state index contributed by atoms with van der Waals surface area (Å²) >= 11 is 3.28. The van der Waals surface area contributed by atoms with E-state index in [1.54, 1.807) is 23.5 Å². The van der Waals surface area contributed by atoms with E-state index in [9.17, 15) is 4.79 Å². The Morgan fingerprint density at radius 2 is 1.88 bits per heavy atom. The van der Waals surface area contributed by atoms with Gasteiger partial charge in [-0.3, -0.25) is 4.79 Å². The number of Topliss-reactive ketones (excluding diaryl/α,β-unsaturated/α-hetero) is 1. The molecular weight excluding hydrogens is 238 g/mol. The van der Waals surface area contributed by atoms with Gasteiger partial charge in [0.1, 0.15) is 0 Å². The number of hydrogen-bond acceptors (Lipinski definition) is 4. The van der Waals surface area contributed by atoms with E-state index in [0.29, 0.717) is 13.0 Å². The lowest BCUT2D eigenvalue weighted by molar-refractivity contribution is 0.0982. The summed E-state index contributed by atoms with van der Waals surface area (Å²) in [6, 6.07) is 4.07. The number of benzene rings is 1. The third-order valence-corrected chi connectivity index (χ3v) is 4.05. The zero-order valence-corrected chi connectivity index (χ0v) is 11.5. The van der Waals surface area contributed by atoms with Crippen molar-refractivity contribution in [1.82, 2.24) is 0 Å². The minimum atomic E-state index is 0.141. The van der Waals surface area contributed by atoms with E-state index in [1.165, 1.54) is 5.56 Å². The fourth-order valence-electron chi connectivity index (χ4n) is 1.53. The largest absolute Gasteiger partial charge is 0.330 e. The number of carbonyl (C=O) groups is 1. The van der Waals surface area contributed by atoms with E-state index >= 15 is 0 Å². The Morgan fingerprint density at radius 1 is 1.25 bits per heavy atom. The molecule has 0 aliphatic rings. The SMILES string of the molecule is CSc1cc(C(=O)CCN)c(SC)cc1C. The zero-order chi connectivity index (χ0) is 12.1. The van der Waals surface area contributed by atoms with E-state index in [4.69, 9.17) is 5.73 Å². The highest BCUT2D eigenvalue weighted by Crippen LogP contribution is 2.29. The van der Waals surface area contributed by atoms with Gasteiger partial charge in [-0.2, -0.15) is 0 Å². The topological polar surface area (TPSA) is 43.1 Å². The van der Waals surface area contributed by atoms with Crippen LogP contribution in [0, 0.1) is 6.92 Å². The van der Waals surface area contributed by atoms with E-state index in [2.05, 4.69) is 13.0 Å². The second kappa shape index (κ2) is 6.33. The van der Waals surface area contributed by atoms with Gasteiger partial charge in [0.25, 0.3) is 0 Å². The predicted octanol–water partition coefficient (Wildman–Crippen LogP) is 2.97. The third kappa shape index (κ3) is 3.03. The number of ketones is 1. The van der Waals surface area contributed by atoms with Crippen molar-refractivity contribution in [3.63, 3.8) is 0 Å². The molecule has 1 rings (SSSR count). The Balaban J connectivity index is 3.19. The standard InChI is InChI=1S/C12H17NOS2/c1-8-6-12(16-3)9(7-11(8)15-2)10(14)4-5-13/h6-7H,4-5,13H2,1-3H3. The van der Waals surface area contributed by atoms with E-state index in [0.717, 1.165) is 15.4 Å². The average molecular weight is 255 g/mol. The molecule has 0 aromatic heterocycles. The number of aryl methyl sites for hydroxylation is 1. The highest BCUT2D eigenvalue weighted by molar-refractivity contribution is 7.99. The van der Waals surface area contributed by atoms with Gasteiger partial charge in [0, 0.05) is 21.8 Å². The molecule has 88 valence electrons. The van der Waals surface area contributed by atoms with Crippen molar-refractivity contribution in [2.45, 2.75) is 23.1 Å². The molecule has 0 radical (unpaired) electrons. The number of rotatable bonds is 5. The molecule has 0 aliphatic heterocycles. The van der Waals surface area contributed by atoms with Gasteiger partial charge < -0.3 is 5.73 Å². The maximum atomic E-state index is 11.9. The lowest BCUT2D eigenvalue weighted by atomic mass is 10.1. The van der Waals surface area contributed by atoms with Gasteiger partial charge >= 0.3 is 0 Å². The quantitative estimate of drug-likeness (QED) is 0.649. The molecule has 0 spiro atoms. The van der Waals surface area contributed by atoms with Crippen molar-refractivity contribution in [2.75, 3.05) is 19.1 Å². The first-order valence-corrected chi connectivity index (χ1v) is 7.54. The highest BCUT2D eigenvalue weighted by Gasteiger charge is 2.12. The Bertz CT molecular complexity index is 391. The maximum Gasteiger partial charge on any atom is 0.165 e. The molecule has 0 fully saturated rings. The summed E-state index contributed by atoms with van der Waals surface area (Å²) in [4.78, 5) is 14.1. The molecule has 1 aromatic rings. The summed E-state index contributed by atoms with van der Waals surface area (Å²) in [6.07, 6.45) is 4.44.